The number of carbonyl (C=O) groups excluding carboxylic acids is 1. The minimum absolute atomic E-state index is 0.242. The standard InChI is InChI=1S/C20H25FN2O3S.C2HF3O2/c1-4-23(5-2)16-10-11-18(15(3)14-16)22-20(24)12-13-27(25,26)19-9-7-6-8-17(19)21;3-2(4,5)1(6)7/h6-11,14H,4-5,12-13H2,1-3H3,(H,22,24);(H,6,7). The minimum Gasteiger partial charge on any atom is -0.475 e. The summed E-state index contributed by atoms with van der Waals surface area (Å²) in [5.74, 6) is -4.43. The number of amides is 1. The molecule has 0 heterocycles. The van der Waals surface area contributed by atoms with Crippen LogP contribution in [-0.4, -0.2) is 50.4 Å². The average molecular weight is 507 g/mol. The first kappa shape index (κ1) is 28.9. The number of hydrogen-bond donors (Lipinski definition) is 2. The number of halogens is 4. The van der Waals surface area contributed by atoms with Crippen LogP contribution in [0.15, 0.2) is 47.4 Å². The van der Waals surface area contributed by atoms with E-state index in [4.69, 9.17) is 9.90 Å². The van der Waals surface area contributed by atoms with Gasteiger partial charge >= 0.3 is 12.1 Å². The summed E-state index contributed by atoms with van der Waals surface area (Å²) in [5.41, 5.74) is 2.60. The lowest BCUT2D eigenvalue weighted by molar-refractivity contribution is -0.192. The Morgan fingerprint density at radius 3 is 2.09 bits per heavy atom. The summed E-state index contributed by atoms with van der Waals surface area (Å²) in [5, 5.41) is 9.86. The highest BCUT2D eigenvalue weighted by Crippen LogP contribution is 2.23. The van der Waals surface area contributed by atoms with Crippen molar-refractivity contribution in [1.82, 2.24) is 0 Å². The maximum atomic E-state index is 13.7. The second-order valence-electron chi connectivity index (χ2n) is 7.02. The van der Waals surface area contributed by atoms with Gasteiger partial charge in [-0.25, -0.2) is 17.6 Å². The van der Waals surface area contributed by atoms with E-state index in [9.17, 15) is 30.8 Å². The molecule has 34 heavy (non-hydrogen) atoms. The van der Waals surface area contributed by atoms with E-state index in [0.29, 0.717) is 5.69 Å². The number of nitrogens with one attached hydrogen (secondary N) is 1. The van der Waals surface area contributed by atoms with Crippen LogP contribution in [0.5, 0.6) is 0 Å². The van der Waals surface area contributed by atoms with Crippen LogP contribution in [0.25, 0.3) is 0 Å². The summed E-state index contributed by atoms with van der Waals surface area (Å²) in [6, 6.07) is 10.9. The van der Waals surface area contributed by atoms with E-state index >= 15 is 0 Å². The summed E-state index contributed by atoms with van der Waals surface area (Å²) in [7, 11) is -3.86. The Kier molecular flexibility index (Phi) is 10.5. The largest absolute Gasteiger partial charge is 0.490 e. The molecule has 0 atom stereocenters. The number of aryl methyl sites for hydroxylation is 1. The molecule has 0 aliphatic carbocycles. The topological polar surface area (TPSA) is 104 Å². The van der Waals surface area contributed by atoms with E-state index in [1.165, 1.54) is 18.2 Å². The van der Waals surface area contributed by atoms with Crippen LogP contribution in [0.4, 0.5) is 28.9 Å². The fourth-order valence-electron chi connectivity index (χ4n) is 2.82. The number of carbonyl (C=O) groups is 2. The molecule has 2 N–H and O–H groups in total. The number of benzene rings is 2. The Morgan fingerprint density at radius 2 is 1.62 bits per heavy atom. The molecule has 0 spiro atoms. The molecule has 0 aromatic heterocycles. The van der Waals surface area contributed by atoms with Gasteiger partial charge in [-0.2, -0.15) is 13.2 Å². The molecule has 188 valence electrons. The lowest BCUT2D eigenvalue weighted by atomic mass is 10.1. The van der Waals surface area contributed by atoms with Crippen LogP contribution in [0.3, 0.4) is 0 Å². The normalized spacial score (nSPS) is 11.3. The summed E-state index contributed by atoms with van der Waals surface area (Å²) in [4.78, 5) is 22.9. The highest BCUT2D eigenvalue weighted by Gasteiger charge is 2.38. The Morgan fingerprint density at radius 1 is 1.06 bits per heavy atom. The summed E-state index contributed by atoms with van der Waals surface area (Å²) < 4.78 is 69.9. The number of aliphatic carboxylic acids is 1. The average Bonchev–Trinajstić information content (AvgIpc) is 2.75. The van der Waals surface area contributed by atoms with Crippen molar-refractivity contribution in [1.29, 1.82) is 0 Å². The molecule has 0 bridgehead atoms. The third kappa shape index (κ3) is 8.65. The maximum absolute atomic E-state index is 13.7. The van der Waals surface area contributed by atoms with E-state index in [2.05, 4.69) is 24.1 Å². The predicted molar refractivity (Wildman–Crippen MR) is 120 cm³/mol. The van der Waals surface area contributed by atoms with Gasteiger partial charge in [-0.15, -0.1) is 0 Å². The molecule has 1 amide bonds. The molecule has 0 saturated heterocycles. The van der Waals surface area contributed by atoms with Gasteiger partial charge in [0.05, 0.1) is 5.75 Å². The van der Waals surface area contributed by atoms with Gasteiger partial charge in [-0.3, -0.25) is 4.79 Å². The second-order valence-corrected chi connectivity index (χ2v) is 9.10. The van der Waals surface area contributed by atoms with Crippen LogP contribution in [-0.2, 0) is 19.4 Å². The Balaban J connectivity index is 0.000000718. The third-order valence-electron chi connectivity index (χ3n) is 4.62. The van der Waals surface area contributed by atoms with E-state index < -0.39 is 39.5 Å². The van der Waals surface area contributed by atoms with Crippen molar-refractivity contribution in [2.24, 2.45) is 0 Å². The summed E-state index contributed by atoms with van der Waals surface area (Å²) in [6.07, 6.45) is -5.33. The fourth-order valence-corrected chi connectivity index (χ4v) is 4.15. The molecule has 0 radical (unpaired) electrons. The van der Waals surface area contributed by atoms with Gasteiger partial charge in [-0.05, 0) is 56.7 Å². The quantitative estimate of drug-likeness (QED) is 0.514. The van der Waals surface area contributed by atoms with Crippen molar-refractivity contribution in [3.05, 3.63) is 53.8 Å². The number of carboxylic acid groups (broad SMARTS) is 1. The van der Waals surface area contributed by atoms with E-state index in [1.807, 2.05) is 25.1 Å². The molecule has 2 aromatic carbocycles. The fraction of sp³-hybridized carbons (Fsp3) is 0.364. The highest BCUT2D eigenvalue weighted by molar-refractivity contribution is 7.91. The van der Waals surface area contributed by atoms with Crippen LogP contribution in [0, 0.1) is 12.7 Å². The summed E-state index contributed by atoms with van der Waals surface area (Å²) >= 11 is 0. The minimum atomic E-state index is -5.08. The molecule has 0 unspecified atom stereocenters. The van der Waals surface area contributed by atoms with E-state index in [0.717, 1.165) is 30.4 Å². The number of carboxylic acids is 1. The smallest absolute Gasteiger partial charge is 0.475 e. The van der Waals surface area contributed by atoms with Gasteiger partial charge in [0, 0.05) is 30.9 Å². The van der Waals surface area contributed by atoms with Crippen molar-refractivity contribution in [3.8, 4) is 0 Å². The van der Waals surface area contributed by atoms with Crippen molar-refractivity contribution < 1.29 is 40.7 Å². The second kappa shape index (κ2) is 12.4. The van der Waals surface area contributed by atoms with Crippen LogP contribution in [0.1, 0.15) is 25.8 Å². The van der Waals surface area contributed by atoms with Gasteiger partial charge in [-0.1, -0.05) is 12.1 Å². The van der Waals surface area contributed by atoms with Gasteiger partial charge in [0.1, 0.15) is 10.7 Å². The van der Waals surface area contributed by atoms with E-state index in [-0.39, 0.29) is 11.3 Å². The van der Waals surface area contributed by atoms with Gasteiger partial charge in [0.15, 0.2) is 9.84 Å². The van der Waals surface area contributed by atoms with Crippen molar-refractivity contribution in [2.45, 2.75) is 38.3 Å². The van der Waals surface area contributed by atoms with E-state index in [1.54, 1.807) is 0 Å². The lowest BCUT2D eigenvalue weighted by Gasteiger charge is -2.22. The van der Waals surface area contributed by atoms with Crippen molar-refractivity contribution in [3.63, 3.8) is 0 Å². The molecule has 2 aromatic rings. The SMILES string of the molecule is CCN(CC)c1ccc(NC(=O)CCS(=O)(=O)c2ccccc2F)c(C)c1.O=C(O)C(F)(F)F. The molecule has 0 fully saturated rings. The Bertz CT molecular complexity index is 1100. The van der Waals surface area contributed by atoms with Crippen molar-refractivity contribution >= 4 is 33.1 Å². The maximum Gasteiger partial charge on any atom is 0.490 e. The number of nitrogens with zero attached hydrogens (tertiary/aromatic N) is 1. The number of hydrogen-bond acceptors (Lipinski definition) is 5. The number of alkyl halides is 3. The number of rotatable bonds is 8. The zero-order valence-electron chi connectivity index (χ0n) is 18.8. The predicted octanol–water partition coefficient (Wildman–Crippen LogP) is 4.42. The zero-order valence-corrected chi connectivity index (χ0v) is 19.6. The third-order valence-corrected chi connectivity index (χ3v) is 6.37. The molecule has 0 aliphatic rings. The highest BCUT2D eigenvalue weighted by atomic mass is 32.2. The Hall–Kier alpha value is -3.15. The molecular formula is C22H26F4N2O5S. The molecule has 2 rings (SSSR count). The molecule has 0 aliphatic heterocycles. The molecule has 7 nitrogen and oxygen atoms in total. The molecule has 12 heteroatoms. The van der Waals surface area contributed by atoms with Crippen LogP contribution < -0.4 is 10.2 Å². The zero-order chi connectivity index (χ0) is 26.1. The van der Waals surface area contributed by atoms with Crippen LogP contribution >= 0.6 is 0 Å². The lowest BCUT2D eigenvalue weighted by Crippen LogP contribution is -2.22. The molecule has 0 saturated carbocycles. The monoisotopic (exact) mass is 506 g/mol. The van der Waals surface area contributed by atoms with Crippen molar-refractivity contribution in [2.75, 3.05) is 29.1 Å². The Labute approximate surface area is 195 Å². The molecular weight excluding hydrogens is 480 g/mol. The number of sulfone groups is 1. The van der Waals surface area contributed by atoms with Gasteiger partial charge < -0.3 is 15.3 Å². The summed E-state index contributed by atoms with van der Waals surface area (Å²) in [6.45, 7) is 7.80. The first-order chi connectivity index (χ1) is 15.7. The van der Waals surface area contributed by atoms with Gasteiger partial charge in [0.25, 0.3) is 0 Å². The first-order valence-corrected chi connectivity index (χ1v) is 11.8. The number of anilines is 2. The van der Waals surface area contributed by atoms with Gasteiger partial charge in [0.2, 0.25) is 5.91 Å². The first-order valence-electron chi connectivity index (χ1n) is 10.2. The van der Waals surface area contributed by atoms with Crippen LogP contribution in [0.2, 0.25) is 0 Å².